The number of carbonyl (C=O) groups is 1. The van der Waals surface area contributed by atoms with Crippen LogP contribution in [0.4, 0.5) is 0 Å². The maximum Gasteiger partial charge on any atom is 0.309 e. The number of H-pyrrole nitrogens is 1. The van der Waals surface area contributed by atoms with Gasteiger partial charge in [-0.15, -0.1) is 0 Å². The molecule has 0 saturated heterocycles. The Kier molecular flexibility index (Phi) is 3.50. The highest BCUT2D eigenvalue weighted by Crippen LogP contribution is 2.43. The number of aliphatic carboxylic acids is 1. The maximum absolute atomic E-state index is 10.7. The third kappa shape index (κ3) is 2.29. The number of fused-ring (bicyclic) bond motifs is 1. The first-order chi connectivity index (χ1) is 9.10. The Morgan fingerprint density at radius 3 is 2.37 bits per heavy atom. The number of methoxy groups -OCH3 is 3. The van der Waals surface area contributed by atoms with Crippen LogP contribution in [-0.4, -0.2) is 37.4 Å². The van der Waals surface area contributed by atoms with Gasteiger partial charge >= 0.3 is 5.97 Å². The van der Waals surface area contributed by atoms with Crippen molar-refractivity contribution in [3.8, 4) is 17.2 Å². The lowest BCUT2D eigenvalue weighted by molar-refractivity contribution is -0.136. The van der Waals surface area contributed by atoms with Crippen molar-refractivity contribution in [2.24, 2.45) is 0 Å². The van der Waals surface area contributed by atoms with Crippen LogP contribution in [0.15, 0.2) is 12.1 Å². The van der Waals surface area contributed by atoms with E-state index in [-0.39, 0.29) is 6.42 Å². The van der Waals surface area contributed by atoms with Gasteiger partial charge in [0, 0.05) is 11.1 Å². The van der Waals surface area contributed by atoms with Gasteiger partial charge in [0.05, 0.1) is 33.3 Å². The topological polar surface area (TPSA) is 80.8 Å². The van der Waals surface area contributed by atoms with Gasteiger partial charge in [-0.05, 0) is 12.1 Å². The predicted molar refractivity (Wildman–Crippen MR) is 69.3 cm³/mol. The molecule has 0 radical (unpaired) electrons. The summed E-state index contributed by atoms with van der Waals surface area (Å²) in [5.74, 6) is 0.604. The van der Waals surface area contributed by atoms with Crippen LogP contribution in [0.2, 0.25) is 0 Å². The van der Waals surface area contributed by atoms with Gasteiger partial charge < -0.3 is 24.3 Å². The Morgan fingerprint density at radius 2 is 1.84 bits per heavy atom. The minimum absolute atomic E-state index is 0.0809. The number of nitrogens with one attached hydrogen (secondary N) is 1. The Balaban J connectivity index is 2.66. The molecule has 0 aliphatic rings. The average Bonchev–Trinajstić information content (AvgIpc) is 2.76. The van der Waals surface area contributed by atoms with Gasteiger partial charge in [0.2, 0.25) is 5.75 Å². The van der Waals surface area contributed by atoms with Crippen LogP contribution < -0.4 is 14.2 Å². The van der Waals surface area contributed by atoms with Crippen molar-refractivity contribution in [2.45, 2.75) is 6.42 Å². The Morgan fingerprint density at radius 1 is 1.16 bits per heavy atom. The average molecular weight is 265 g/mol. The van der Waals surface area contributed by atoms with Crippen LogP contribution in [0.5, 0.6) is 17.2 Å². The number of ether oxygens (including phenoxy) is 3. The molecule has 0 bridgehead atoms. The van der Waals surface area contributed by atoms with Gasteiger partial charge in [0.25, 0.3) is 0 Å². The molecule has 2 rings (SSSR count). The van der Waals surface area contributed by atoms with Crippen LogP contribution in [0.3, 0.4) is 0 Å². The lowest BCUT2D eigenvalue weighted by Crippen LogP contribution is -1.99. The van der Waals surface area contributed by atoms with Gasteiger partial charge in [0.15, 0.2) is 11.5 Å². The fourth-order valence-corrected chi connectivity index (χ4v) is 2.06. The summed E-state index contributed by atoms with van der Waals surface area (Å²) < 4.78 is 15.8. The third-order valence-corrected chi connectivity index (χ3v) is 2.82. The fourth-order valence-electron chi connectivity index (χ4n) is 2.06. The minimum atomic E-state index is -0.899. The third-order valence-electron chi connectivity index (χ3n) is 2.82. The van der Waals surface area contributed by atoms with Gasteiger partial charge in [0.1, 0.15) is 0 Å². The van der Waals surface area contributed by atoms with Crippen molar-refractivity contribution in [1.82, 2.24) is 4.98 Å². The molecule has 102 valence electrons. The smallest absolute Gasteiger partial charge is 0.309 e. The van der Waals surface area contributed by atoms with E-state index >= 15 is 0 Å². The van der Waals surface area contributed by atoms with Crippen LogP contribution in [-0.2, 0) is 11.2 Å². The van der Waals surface area contributed by atoms with Gasteiger partial charge in [-0.2, -0.15) is 0 Å². The van der Waals surface area contributed by atoms with Crippen molar-refractivity contribution in [3.05, 3.63) is 17.8 Å². The molecule has 0 fully saturated rings. The normalized spacial score (nSPS) is 10.5. The highest BCUT2D eigenvalue weighted by molar-refractivity contribution is 5.91. The molecule has 0 aliphatic carbocycles. The molecule has 0 saturated carbocycles. The summed E-state index contributed by atoms with van der Waals surface area (Å²) in [7, 11) is 4.58. The number of hydrogen-bond donors (Lipinski definition) is 2. The summed E-state index contributed by atoms with van der Waals surface area (Å²) in [5, 5.41) is 9.63. The first kappa shape index (κ1) is 13.1. The highest BCUT2D eigenvalue weighted by atomic mass is 16.5. The Labute approximate surface area is 109 Å². The quantitative estimate of drug-likeness (QED) is 0.861. The highest BCUT2D eigenvalue weighted by Gasteiger charge is 2.18. The lowest BCUT2D eigenvalue weighted by atomic mass is 10.2. The maximum atomic E-state index is 10.7. The van der Waals surface area contributed by atoms with Crippen molar-refractivity contribution >= 4 is 16.9 Å². The second-order valence-electron chi connectivity index (χ2n) is 3.97. The number of benzene rings is 1. The van der Waals surface area contributed by atoms with E-state index in [4.69, 9.17) is 19.3 Å². The van der Waals surface area contributed by atoms with E-state index in [0.717, 1.165) is 5.39 Å². The van der Waals surface area contributed by atoms with E-state index in [1.165, 1.54) is 21.3 Å². The number of hydrogen-bond acceptors (Lipinski definition) is 4. The predicted octanol–water partition coefficient (Wildman–Crippen LogP) is 1.82. The van der Waals surface area contributed by atoms with Gasteiger partial charge in [-0.3, -0.25) is 4.79 Å². The van der Waals surface area contributed by atoms with E-state index < -0.39 is 5.97 Å². The molecule has 0 aliphatic heterocycles. The molecule has 0 unspecified atom stereocenters. The summed E-state index contributed by atoms with van der Waals surface area (Å²) in [6, 6.07) is 3.53. The molecule has 2 aromatic rings. The number of rotatable bonds is 5. The van der Waals surface area contributed by atoms with Crippen LogP contribution in [0, 0.1) is 0 Å². The first-order valence-corrected chi connectivity index (χ1v) is 5.63. The SMILES string of the molecule is COc1cc2cc(CC(=O)O)[nH]c2c(OC)c1OC. The van der Waals surface area contributed by atoms with E-state index in [9.17, 15) is 4.79 Å². The molecule has 6 heteroatoms. The van der Waals surface area contributed by atoms with Crippen molar-refractivity contribution in [2.75, 3.05) is 21.3 Å². The van der Waals surface area contributed by atoms with Gasteiger partial charge in [-0.1, -0.05) is 0 Å². The molecule has 6 nitrogen and oxygen atoms in total. The zero-order chi connectivity index (χ0) is 14.0. The standard InChI is InChI=1S/C13H15NO5/c1-17-9-5-7-4-8(6-10(15)16)14-11(7)13(19-3)12(9)18-2/h4-5,14H,6H2,1-3H3,(H,15,16). The second kappa shape index (κ2) is 5.09. The van der Waals surface area contributed by atoms with Crippen molar-refractivity contribution in [1.29, 1.82) is 0 Å². The molecule has 1 aromatic carbocycles. The zero-order valence-corrected chi connectivity index (χ0v) is 10.9. The lowest BCUT2D eigenvalue weighted by Gasteiger charge is -2.12. The minimum Gasteiger partial charge on any atom is -0.493 e. The second-order valence-corrected chi connectivity index (χ2v) is 3.97. The van der Waals surface area contributed by atoms with E-state index in [0.29, 0.717) is 28.5 Å². The number of carboxylic acid groups (broad SMARTS) is 1. The van der Waals surface area contributed by atoms with Crippen molar-refractivity contribution in [3.63, 3.8) is 0 Å². The molecule has 1 aromatic heterocycles. The van der Waals surface area contributed by atoms with Crippen LogP contribution in [0.25, 0.3) is 10.9 Å². The summed E-state index contributed by atoms with van der Waals surface area (Å²) in [6.45, 7) is 0. The number of aromatic amines is 1. The van der Waals surface area contributed by atoms with Crippen LogP contribution >= 0.6 is 0 Å². The van der Waals surface area contributed by atoms with Crippen molar-refractivity contribution < 1.29 is 24.1 Å². The number of carboxylic acids is 1. The largest absolute Gasteiger partial charge is 0.493 e. The molecule has 0 atom stereocenters. The Hall–Kier alpha value is -2.37. The van der Waals surface area contributed by atoms with E-state index in [1.807, 2.05) is 0 Å². The first-order valence-electron chi connectivity index (χ1n) is 5.63. The fraction of sp³-hybridized carbons (Fsp3) is 0.308. The molecule has 0 spiro atoms. The van der Waals surface area contributed by atoms with E-state index in [2.05, 4.69) is 4.98 Å². The molecule has 1 heterocycles. The summed E-state index contributed by atoms with van der Waals surface area (Å²) in [6.07, 6.45) is -0.0809. The molecular formula is C13H15NO5. The monoisotopic (exact) mass is 265 g/mol. The van der Waals surface area contributed by atoms with Gasteiger partial charge in [-0.25, -0.2) is 0 Å². The number of aromatic nitrogens is 1. The summed E-state index contributed by atoms with van der Waals surface area (Å²) in [5.41, 5.74) is 1.28. The summed E-state index contributed by atoms with van der Waals surface area (Å²) in [4.78, 5) is 13.8. The molecular weight excluding hydrogens is 250 g/mol. The summed E-state index contributed by atoms with van der Waals surface area (Å²) >= 11 is 0. The van der Waals surface area contributed by atoms with Crippen LogP contribution in [0.1, 0.15) is 5.69 Å². The molecule has 0 amide bonds. The molecule has 19 heavy (non-hydrogen) atoms. The molecule has 2 N–H and O–H groups in total. The Bertz CT molecular complexity index is 617. The van der Waals surface area contributed by atoms with E-state index in [1.54, 1.807) is 12.1 Å². The zero-order valence-electron chi connectivity index (χ0n) is 10.9.